The van der Waals surface area contributed by atoms with Crippen molar-refractivity contribution in [2.45, 2.75) is 31.7 Å². The number of rotatable bonds is 4. The number of nitrogens with two attached hydrogens (primary N) is 1. The van der Waals surface area contributed by atoms with Crippen LogP contribution in [0.2, 0.25) is 0 Å². The maximum atomic E-state index is 5.56. The molecule has 0 saturated heterocycles. The lowest BCUT2D eigenvalue weighted by molar-refractivity contribution is 0.674. The van der Waals surface area contributed by atoms with Gasteiger partial charge in [-0.3, -0.25) is 4.98 Å². The Hall–Kier alpha value is -1.42. The fourth-order valence-corrected chi connectivity index (χ4v) is 2.18. The van der Waals surface area contributed by atoms with Gasteiger partial charge in [-0.25, -0.2) is 4.98 Å². The van der Waals surface area contributed by atoms with E-state index < -0.39 is 0 Å². The monoisotopic (exact) mass is 216 g/mol. The maximum Gasteiger partial charge on any atom is 0.110 e. The molecule has 0 spiro atoms. The molecule has 2 aromatic heterocycles. The normalized spacial score (nSPS) is 15.8. The van der Waals surface area contributed by atoms with E-state index in [2.05, 4.69) is 20.6 Å². The number of fused-ring (bicyclic) bond motifs is 1. The third-order valence-electron chi connectivity index (χ3n) is 3.08. The van der Waals surface area contributed by atoms with Crippen molar-refractivity contribution in [3.05, 3.63) is 24.3 Å². The number of aromatic nitrogens is 3. The molecule has 0 aromatic carbocycles. The highest BCUT2D eigenvalue weighted by molar-refractivity contribution is 5.75. The lowest BCUT2D eigenvalue weighted by Gasteiger charge is -2.06. The van der Waals surface area contributed by atoms with Crippen molar-refractivity contribution in [2.24, 2.45) is 5.73 Å². The summed E-state index contributed by atoms with van der Waals surface area (Å²) >= 11 is 0. The molecule has 2 heterocycles. The summed E-state index contributed by atoms with van der Waals surface area (Å²) in [7, 11) is 0. The summed E-state index contributed by atoms with van der Waals surface area (Å²) in [5.41, 5.74) is 7.80. The van der Waals surface area contributed by atoms with Gasteiger partial charge in [0.25, 0.3) is 0 Å². The first-order valence-corrected chi connectivity index (χ1v) is 5.91. The molecular weight excluding hydrogens is 200 g/mol. The summed E-state index contributed by atoms with van der Waals surface area (Å²) in [6.45, 7) is 0.728. The summed E-state index contributed by atoms with van der Waals surface area (Å²) in [5, 5.41) is 0. The van der Waals surface area contributed by atoms with Crippen LogP contribution in [0.1, 0.15) is 31.1 Å². The summed E-state index contributed by atoms with van der Waals surface area (Å²) in [5.74, 6) is 1.18. The van der Waals surface area contributed by atoms with Gasteiger partial charge in [0.1, 0.15) is 11.3 Å². The molecule has 84 valence electrons. The molecule has 0 radical (unpaired) electrons. The topological polar surface area (TPSA) is 56.7 Å². The predicted octanol–water partition coefficient (Wildman–Crippen LogP) is 1.66. The summed E-state index contributed by atoms with van der Waals surface area (Å²) in [6, 6.07) is 2.73. The first-order chi connectivity index (χ1) is 7.90. The van der Waals surface area contributed by atoms with Crippen LogP contribution in [0.4, 0.5) is 0 Å². The van der Waals surface area contributed by atoms with Gasteiger partial charge in [-0.2, -0.15) is 0 Å². The van der Waals surface area contributed by atoms with Crippen LogP contribution in [-0.2, 0) is 6.42 Å². The lowest BCUT2D eigenvalue weighted by Crippen LogP contribution is -2.06. The Bertz CT molecular complexity index is 499. The minimum Gasteiger partial charge on any atom is -0.330 e. The number of nitrogens with zero attached hydrogens (tertiary/aromatic N) is 3. The standard InChI is InChI=1S/C12H16N4/c13-6-1-2-12-15-10-8-14-7-5-11(10)16(12)9-3-4-9/h5,7-9H,1-4,6,13H2. The van der Waals surface area contributed by atoms with Gasteiger partial charge in [0.15, 0.2) is 0 Å². The molecule has 2 aromatic rings. The van der Waals surface area contributed by atoms with Crippen molar-refractivity contribution < 1.29 is 0 Å². The smallest absolute Gasteiger partial charge is 0.110 e. The summed E-state index contributed by atoms with van der Waals surface area (Å²) in [6.07, 6.45) is 8.23. The molecule has 1 aliphatic rings. The molecule has 1 fully saturated rings. The fourth-order valence-electron chi connectivity index (χ4n) is 2.18. The van der Waals surface area contributed by atoms with Crippen LogP contribution in [0.5, 0.6) is 0 Å². The minimum absolute atomic E-state index is 0.667. The van der Waals surface area contributed by atoms with Crippen LogP contribution in [-0.4, -0.2) is 21.1 Å². The van der Waals surface area contributed by atoms with Crippen molar-refractivity contribution in [2.75, 3.05) is 6.54 Å². The second-order valence-electron chi connectivity index (χ2n) is 4.39. The fraction of sp³-hybridized carbons (Fsp3) is 0.500. The first-order valence-electron chi connectivity index (χ1n) is 5.91. The summed E-state index contributed by atoms with van der Waals surface area (Å²) < 4.78 is 2.38. The lowest BCUT2D eigenvalue weighted by atomic mass is 10.3. The van der Waals surface area contributed by atoms with Crippen LogP contribution >= 0.6 is 0 Å². The Morgan fingerprint density at radius 1 is 1.44 bits per heavy atom. The quantitative estimate of drug-likeness (QED) is 0.845. The van der Waals surface area contributed by atoms with E-state index in [4.69, 9.17) is 5.73 Å². The molecule has 1 aliphatic carbocycles. The van der Waals surface area contributed by atoms with E-state index in [1.54, 1.807) is 0 Å². The van der Waals surface area contributed by atoms with Crippen molar-refractivity contribution >= 4 is 11.0 Å². The van der Waals surface area contributed by atoms with E-state index in [9.17, 15) is 0 Å². The molecule has 0 aliphatic heterocycles. The Morgan fingerprint density at radius 2 is 2.31 bits per heavy atom. The molecule has 0 amide bonds. The molecule has 0 atom stereocenters. The van der Waals surface area contributed by atoms with Crippen molar-refractivity contribution in [1.82, 2.24) is 14.5 Å². The summed E-state index contributed by atoms with van der Waals surface area (Å²) in [4.78, 5) is 8.78. The number of hydrogen-bond donors (Lipinski definition) is 1. The van der Waals surface area contributed by atoms with Crippen molar-refractivity contribution in [3.63, 3.8) is 0 Å². The van der Waals surface area contributed by atoms with E-state index in [0.717, 1.165) is 24.9 Å². The van der Waals surface area contributed by atoms with Gasteiger partial charge in [0.05, 0.1) is 11.7 Å². The van der Waals surface area contributed by atoms with Gasteiger partial charge in [0.2, 0.25) is 0 Å². The highest BCUT2D eigenvalue weighted by atomic mass is 15.1. The predicted molar refractivity (Wildman–Crippen MR) is 63.2 cm³/mol. The molecule has 4 nitrogen and oxygen atoms in total. The van der Waals surface area contributed by atoms with Gasteiger partial charge in [-0.15, -0.1) is 0 Å². The second kappa shape index (κ2) is 3.87. The van der Waals surface area contributed by atoms with E-state index in [1.807, 2.05) is 12.4 Å². The van der Waals surface area contributed by atoms with E-state index in [-0.39, 0.29) is 0 Å². The number of pyridine rings is 1. The molecule has 16 heavy (non-hydrogen) atoms. The molecule has 1 saturated carbocycles. The SMILES string of the molecule is NCCCc1nc2cnccc2n1C1CC1. The van der Waals surface area contributed by atoms with Crippen molar-refractivity contribution in [3.8, 4) is 0 Å². The number of hydrogen-bond acceptors (Lipinski definition) is 3. The Labute approximate surface area is 94.5 Å². The largest absolute Gasteiger partial charge is 0.330 e. The number of imidazole rings is 1. The van der Waals surface area contributed by atoms with Crippen LogP contribution in [0, 0.1) is 0 Å². The zero-order valence-corrected chi connectivity index (χ0v) is 9.26. The van der Waals surface area contributed by atoms with E-state index >= 15 is 0 Å². The van der Waals surface area contributed by atoms with Gasteiger partial charge in [-0.1, -0.05) is 0 Å². The Kier molecular flexibility index (Phi) is 2.36. The molecule has 2 N–H and O–H groups in total. The Morgan fingerprint density at radius 3 is 3.06 bits per heavy atom. The highest BCUT2D eigenvalue weighted by Gasteiger charge is 2.27. The van der Waals surface area contributed by atoms with E-state index in [1.165, 1.54) is 24.2 Å². The van der Waals surface area contributed by atoms with Crippen LogP contribution in [0.15, 0.2) is 18.5 Å². The molecule has 4 heteroatoms. The molecular formula is C12H16N4. The van der Waals surface area contributed by atoms with Crippen LogP contribution in [0.25, 0.3) is 11.0 Å². The molecule has 0 unspecified atom stereocenters. The maximum absolute atomic E-state index is 5.56. The highest BCUT2D eigenvalue weighted by Crippen LogP contribution is 2.38. The van der Waals surface area contributed by atoms with Crippen molar-refractivity contribution in [1.29, 1.82) is 0 Å². The average molecular weight is 216 g/mol. The third-order valence-corrected chi connectivity index (χ3v) is 3.08. The zero-order chi connectivity index (χ0) is 11.0. The van der Waals surface area contributed by atoms with Gasteiger partial charge in [0, 0.05) is 18.7 Å². The zero-order valence-electron chi connectivity index (χ0n) is 9.26. The molecule has 0 bridgehead atoms. The van der Waals surface area contributed by atoms with Gasteiger partial charge < -0.3 is 10.3 Å². The van der Waals surface area contributed by atoms with Gasteiger partial charge in [-0.05, 0) is 31.9 Å². The second-order valence-corrected chi connectivity index (χ2v) is 4.39. The minimum atomic E-state index is 0.667. The first kappa shape index (κ1) is 9.78. The van der Waals surface area contributed by atoms with Crippen LogP contribution in [0.3, 0.4) is 0 Å². The number of aryl methyl sites for hydroxylation is 1. The average Bonchev–Trinajstić information content (AvgIpc) is 3.07. The Balaban J connectivity index is 2.07. The van der Waals surface area contributed by atoms with Crippen LogP contribution < -0.4 is 5.73 Å². The van der Waals surface area contributed by atoms with E-state index in [0.29, 0.717) is 6.04 Å². The molecule has 3 rings (SSSR count). The van der Waals surface area contributed by atoms with Gasteiger partial charge >= 0.3 is 0 Å². The third kappa shape index (κ3) is 1.59.